The van der Waals surface area contributed by atoms with Crippen LogP contribution in [0.2, 0.25) is 0 Å². The van der Waals surface area contributed by atoms with Crippen LogP contribution < -0.4 is 0 Å². The summed E-state index contributed by atoms with van der Waals surface area (Å²) in [5.74, 6) is 0. The lowest BCUT2D eigenvalue weighted by Crippen LogP contribution is -2.13. The van der Waals surface area contributed by atoms with E-state index in [1.54, 1.807) is 0 Å². The first kappa shape index (κ1) is 9.18. The van der Waals surface area contributed by atoms with Crippen LogP contribution >= 0.6 is 0 Å². The molecule has 1 fully saturated rings. The Morgan fingerprint density at radius 2 is 2.14 bits per heavy atom. The summed E-state index contributed by atoms with van der Waals surface area (Å²) in [7, 11) is 0. The van der Waals surface area contributed by atoms with Crippen molar-refractivity contribution in [2.24, 2.45) is 0 Å². The van der Waals surface area contributed by atoms with E-state index in [-0.39, 0.29) is 6.61 Å². The Bertz CT molecular complexity index is 298. The average molecular weight is 194 g/mol. The summed E-state index contributed by atoms with van der Waals surface area (Å²) in [6.07, 6.45) is -1.01. The molecule has 1 aromatic carbocycles. The lowest BCUT2D eigenvalue weighted by Gasteiger charge is -2.09. The number of carbonyl (C=O) groups is 1. The summed E-state index contributed by atoms with van der Waals surface area (Å²) < 4.78 is 15.2. The van der Waals surface area contributed by atoms with Gasteiger partial charge < -0.3 is 14.2 Å². The van der Waals surface area contributed by atoms with Gasteiger partial charge in [0.05, 0.1) is 0 Å². The standard InChI is InChI=1S/C10H10O4/c11-7-13-9-6-12-10(14-9)8-4-2-1-3-5-8/h1-5,7,9-10H,6H2. The molecule has 1 heterocycles. The Hall–Kier alpha value is -1.39. The predicted octanol–water partition coefficient (Wildman–Crippen LogP) is 1.23. The molecule has 1 aliphatic rings. The van der Waals surface area contributed by atoms with Gasteiger partial charge in [-0.1, -0.05) is 30.3 Å². The molecule has 4 nitrogen and oxygen atoms in total. The van der Waals surface area contributed by atoms with Gasteiger partial charge in [-0.05, 0) is 0 Å². The van der Waals surface area contributed by atoms with E-state index in [9.17, 15) is 4.79 Å². The van der Waals surface area contributed by atoms with Crippen molar-refractivity contribution in [1.82, 2.24) is 0 Å². The Labute approximate surface area is 81.4 Å². The molecule has 1 saturated heterocycles. The average Bonchev–Trinajstić information content (AvgIpc) is 2.68. The molecule has 0 aliphatic carbocycles. The topological polar surface area (TPSA) is 44.8 Å². The minimum atomic E-state index is -0.585. The van der Waals surface area contributed by atoms with Crippen LogP contribution in [-0.4, -0.2) is 19.4 Å². The third kappa shape index (κ3) is 1.92. The molecule has 0 N–H and O–H groups in total. The maximum atomic E-state index is 10.0. The fraction of sp³-hybridized carbons (Fsp3) is 0.300. The van der Waals surface area contributed by atoms with Crippen LogP contribution in [0.5, 0.6) is 0 Å². The normalized spacial score (nSPS) is 26.0. The largest absolute Gasteiger partial charge is 0.435 e. The SMILES string of the molecule is O=COC1COC(c2ccccc2)O1. The second-order valence-corrected chi connectivity index (χ2v) is 2.87. The second-order valence-electron chi connectivity index (χ2n) is 2.87. The lowest BCUT2D eigenvalue weighted by molar-refractivity contribution is -0.163. The zero-order valence-corrected chi connectivity index (χ0v) is 7.46. The van der Waals surface area contributed by atoms with Crippen LogP contribution in [-0.2, 0) is 19.0 Å². The highest BCUT2D eigenvalue weighted by Crippen LogP contribution is 2.26. The van der Waals surface area contributed by atoms with Gasteiger partial charge in [0.25, 0.3) is 6.47 Å². The van der Waals surface area contributed by atoms with E-state index in [0.717, 1.165) is 5.56 Å². The number of benzene rings is 1. The number of carbonyl (C=O) groups excluding carboxylic acids is 1. The molecule has 0 aromatic heterocycles. The monoisotopic (exact) mass is 194 g/mol. The number of rotatable bonds is 3. The number of hydrogen-bond donors (Lipinski definition) is 0. The number of ether oxygens (including phenoxy) is 3. The lowest BCUT2D eigenvalue weighted by atomic mass is 10.2. The molecule has 2 atom stereocenters. The van der Waals surface area contributed by atoms with Gasteiger partial charge in [-0.15, -0.1) is 0 Å². The van der Waals surface area contributed by atoms with Gasteiger partial charge in [0.15, 0.2) is 6.29 Å². The third-order valence-corrected chi connectivity index (χ3v) is 1.94. The zero-order chi connectivity index (χ0) is 9.80. The van der Waals surface area contributed by atoms with E-state index in [1.165, 1.54) is 0 Å². The Balaban J connectivity index is 1.99. The minimum absolute atomic E-state index is 0.276. The van der Waals surface area contributed by atoms with E-state index in [0.29, 0.717) is 6.47 Å². The van der Waals surface area contributed by atoms with Crippen LogP contribution in [0.3, 0.4) is 0 Å². The molecule has 0 radical (unpaired) electrons. The molecule has 1 aromatic rings. The van der Waals surface area contributed by atoms with Crippen molar-refractivity contribution in [3.63, 3.8) is 0 Å². The van der Waals surface area contributed by atoms with Crippen molar-refractivity contribution in [3.8, 4) is 0 Å². The maximum absolute atomic E-state index is 10.0. The van der Waals surface area contributed by atoms with Crippen molar-refractivity contribution in [3.05, 3.63) is 35.9 Å². The third-order valence-electron chi connectivity index (χ3n) is 1.94. The quantitative estimate of drug-likeness (QED) is 0.679. The first-order valence-corrected chi connectivity index (χ1v) is 4.31. The Morgan fingerprint density at radius 3 is 2.86 bits per heavy atom. The maximum Gasteiger partial charge on any atom is 0.295 e. The van der Waals surface area contributed by atoms with E-state index >= 15 is 0 Å². The van der Waals surface area contributed by atoms with Gasteiger partial charge in [0.1, 0.15) is 6.61 Å². The van der Waals surface area contributed by atoms with Crippen LogP contribution in [0, 0.1) is 0 Å². The van der Waals surface area contributed by atoms with Crippen molar-refractivity contribution >= 4 is 6.47 Å². The molecule has 1 aliphatic heterocycles. The highest BCUT2D eigenvalue weighted by molar-refractivity contribution is 5.37. The van der Waals surface area contributed by atoms with E-state index in [4.69, 9.17) is 9.47 Å². The van der Waals surface area contributed by atoms with Crippen molar-refractivity contribution in [2.45, 2.75) is 12.6 Å². The Morgan fingerprint density at radius 1 is 1.36 bits per heavy atom. The molecule has 0 spiro atoms. The van der Waals surface area contributed by atoms with Gasteiger partial charge in [-0.3, -0.25) is 4.79 Å². The molecular formula is C10H10O4. The van der Waals surface area contributed by atoms with Crippen LogP contribution in [0.4, 0.5) is 0 Å². The molecule has 2 unspecified atom stereocenters. The summed E-state index contributed by atoms with van der Waals surface area (Å²) in [5.41, 5.74) is 0.921. The van der Waals surface area contributed by atoms with Gasteiger partial charge in [0.2, 0.25) is 6.29 Å². The van der Waals surface area contributed by atoms with Crippen molar-refractivity contribution in [2.75, 3.05) is 6.61 Å². The van der Waals surface area contributed by atoms with Crippen LogP contribution in [0.25, 0.3) is 0 Å². The molecule has 0 bridgehead atoms. The summed E-state index contributed by atoms with van der Waals surface area (Å²) in [4.78, 5) is 10.0. The summed E-state index contributed by atoms with van der Waals surface area (Å²) in [6, 6.07) is 9.51. The van der Waals surface area contributed by atoms with Crippen molar-refractivity contribution in [1.29, 1.82) is 0 Å². The zero-order valence-electron chi connectivity index (χ0n) is 7.46. The Kier molecular flexibility index (Phi) is 2.76. The molecule has 0 saturated carbocycles. The second kappa shape index (κ2) is 4.21. The van der Waals surface area contributed by atoms with Gasteiger partial charge >= 0.3 is 0 Å². The molecular weight excluding hydrogens is 184 g/mol. The first-order chi connectivity index (χ1) is 6.90. The summed E-state index contributed by atoms with van der Waals surface area (Å²) in [5, 5.41) is 0. The summed E-state index contributed by atoms with van der Waals surface area (Å²) in [6.45, 7) is 0.639. The highest BCUT2D eigenvalue weighted by atomic mass is 16.8. The predicted molar refractivity (Wildman–Crippen MR) is 47.2 cm³/mol. The molecule has 14 heavy (non-hydrogen) atoms. The smallest absolute Gasteiger partial charge is 0.295 e. The van der Waals surface area contributed by atoms with E-state index < -0.39 is 12.6 Å². The summed E-state index contributed by atoms with van der Waals surface area (Å²) >= 11 is 0. The van der Waals surface area contributed by atoms with Crippen LogP contribution in [0.15, 0.2) is 30.3 Å². The fourth-order valence-corrected chi connectivity index (χ4v) is 1.30. The van der Waals surface area contributed by atoms with Crippen molar-refractivity contribution < 1.29 is 19.0 Å². The molecule has 74 valence electrons. The van der Waals surface area contributed by atoms with Gasteiger partial charge in [0, 0.05) is 5.56 Å². The van der Waals surface area contributed by atoms with E-state index in [1.807, 2.05) is 30.3 Å². The van der Waals surface area contributed by atoms with E-state index in [2.05, 4.69) is 4.74 Å². The fourth-order valence-electron chi connectivity index (χ4n) is 1.30. The molecule has 4 heteroatoms. The highest BCUT2D eigenvalue weighted by Gasteiger charge is 2.27. The minimum Gasteiger partial charge on any atom is -0.435 e. The van der Waals surface area contributed by atoms with Gasteiger partial charge in [-0.2, -0.15) is 0 Å². The van der Waals surface area contributed by atoms with Gasteiger partial charge in [-0.25, -0.2) is 0 Å². The first-order valence-electron chi connectivity index (χ1n) is 4.31. The number of hydrogen-bond acceptors (Lipinski definition) is 4. The van der Waals surface area contributed by atoms with Crippen LogP contribution in [0.1, 0.15) is 11.9 Å². The molecule has 0 amide bonds. The molecule has 2 rings (SSSR count).